The lowest BCUT2D eigenvalue weighted by Gasteiger charge is -2.11. The fraction of sp³-hybridized carbons (Fsp3) is 0.267. The van der Waals surface area contributed by atoms with Gasteiger partial charge in [-0.2, -0.15) is 0 Å². The van der Waals surface area contributed by atoms with Crippen LogP contribution in [0.15, 0.2) is 35.8 Å². The maximum Gasteiger partial charge on any atom is 0.226 e. The molecule has 22 heavy (non-hydrogen) atoms. The highest BCUT2D eigenvalue weighted by Crippen LogP contribution is 2.23. The number of nitrogens with one attached hydrogen (secondary N) is 2. The van der Waals surface area contributed by atoms with E-state index in [2.05, 4.69) is 15.6 Å². The molecule has 0 bridgehead atoms. The van der Waals surface area contributed by atoms with Crippen molar-refractivity contribution in [2.45, 2.75) is 19.8 Å². The summed E-state index contributed by atoms with van der Waals surface area (Å²) in [7, 11) is 0. The van der Waals surface area contributed by atoms with E-state index in [0.717, 1.165) is 0 Å². The number of aromatic nitrogens is 1. The maximum atomic E-state index is 11.9. The normalized spacial score (nSPS) is 10.0. The Balaban J connectivity index is 1.81. The number of anilines is 2. The average molecular weight is 319 g/mol. The number of benzene rings is 1. The molecule has 0 saturated carbocycles. The molecule has 1 aromatic heterocycles. The highest BCUT2D eigenvalue weighted by atomic mass is 32.1. The SMILES string of the molecule is CCOc1ccccc1NC(=O)CCC(=O)Nc1nccs1. The zero-order valence-electron chi connectivity index (χ0n) is 12.2. The van der Waals surface area contributed by atoms with Gasteiger partial charge in [0, 0.05) is 24.4 Å². The van der Waals surface area contributed by atoms with Crippen LogP contribution in [-0.4, -0.2) is 23.4 Å². The number of para-hydroxylation sites is 2. The first kappa shape index (κ1) is 16.0. The number of carbonyl (C=O) groups excluding carboxylic acids is 2. The molecule has 0 fully saturated rings. The van der Waals surface area contributed by atoms with Gasteiger partial charge >= 0.3 is 0 Å². The third-order valence-electron chi connectivity index (χ3n) is 2.72. The molecule has 116 valence electrons. The van der Waals surface area contributed by atoms with E-state index in [1.165, 1.54) is 11.3 Å². The van der Waals surface area contributed by atoms with Gasteiger partial charge in [-0.25, -0.2) is 4.98 Å². The third-order valence-corrected chi connectivity index (χ3v) is 3.41. The van der Waals surface area contributed by atoms with Gasteiger partial charge in [-0.15, -0.1) is 11.3 Å². The Labute approximate surface area is 132 Å². The van der Waals surface area contributed by atoms with Crippen LogP contribution in [-0.2, 0) is 9.59 Å². The summed E-state index contributed by atoms with van der Waals surface area (Å²) in [5.74, 6) is 0.148. The van der Waals surface area contributed by atoms with Crippen molar-refractivity contribution in [1.29, 1.82) is 0 Å². The van der Waals surface area contributed by atoms with Crippen LogP contribution in [0.5, 0.6) is 5.75 Å². The predicted molar refractivity (Wildman–Crippen MR) is 86.2 cm³/mol. The molecule has 0 aliphatic rings. The summed E-state index contributed by atoms with van der Waals surface area (Å²) in [4.78, 5) is 27.6. The minimum Gasteiger partial charge on any atom is -0.492 e. The number of thiazole rings is 1. The number of carbonyl (C=O) groups is 2. The molecule has 2 rings (SSSR count). The molecule has 1 heterocycles. The fourth-order valence-corrected chi connectivity index (χ4v) is 2.30. The van der Waals surface area contributed by atoms with Crippen molar-refractivity contribution in [2.24, 2.45) is 0 Å². The topological polar surface area (TPSA) is 80.3 Å². The van der Waals surface area contributed by atoms with Gasteiger partial charge in [-0.3, -0.25) is 9.59 Å². The molecule has 0 aliphatic heterocycles. The van der Waals surface area contributed by atoms with E-state index < -0.39 is 0 Å². The van der Waals surface area contributed by atoms with E-state index >= 15 is 0 Å². The zero-order valence-corrected chi connectivity index (χ0v) is 13.0. The summed E-state index contributed by atoms with van der Waals surface area (Å²) in [6, 6.07) is 7.20. The highest BCUT2D eigenvalue weighted by Gasteiger charge is 2.10. The largest absolute Gasteiger partial charge is 0.492 e. The smallest absolute Gasteiger partial charge is 0.226 e. The number of hydrogen-bond acceptors (Lipinski definition) is 5. The van der Waals surface area contributed by atoms with Crippen LogP contribution in [0.2, 0.25) is 0 Å². The Bertz CT molecular complexity index is 629. The van der Waals surface area contributed by atoms with E-state index in [9.17, 15) is 9.59 Å². The second kappa shape index (κ2) is 8.14. The fourth-order valence-electron chi connectivity index (χ4n) is 1.76. The summed E-state index contributed by atoms with van der Waals surface area (Å²) >= 11 is 1.34. The first-order valence-corrected chi connectivity index (χ1v) is 7.78. The maximum absolute atomic E-state index is 11.9. The van der Waals surface area contributed by atoms with E-state index in [4.69, 9.17) is 4.74 Å². The van der Waals surface area contributed by atoms with Crippen LogP contribution >= 0.6 is 11.3 Å². The molecule has 0 atom stereocenters. The Morgan fingerprint density at radius 3 is 2.59 bits per heavy atom. The molecule has 0 unspecified atom stereocenters. The van der Waals surface area contributed by atoms with Gasteiger partial charge in [0.25, 0.3) is 0 Å². The summed E-state index contributed by atoms with van der Waals surface area (Å²) in [5, 5.41) is 7.69. The Morgan fingerprint density at radius 2 is 1.91 bits per heavy atom. The molecular weight excluding hydrogens is 302 g/mol. The molecule has 7 heteroatoms. The molecule has 6 nitrogen and oxygen atoms in total. The first-order chi connectivity index (χ1) is 10.7. The summed E-state index contributed by atoms with van der Waals surface area (Å²) in [6.45, 7) is 2.39. The molecule has 2 amide bonds. The third kappa shape index (κ3) is 4.85. The molecule has 2 aromatic rings. The zero-order chi connectivity index (χ0) is 15.8. The Kier molecular flexibility index (Phi) is 5.91. The van der Waals surface area contributed by atoms with Crippen LogP contribution < -0.4 is 15.4 Å². The molecular formula is C15H17N3O3S. The van der Waals surface area contributed by atoms with E-state index in [1.54, 1.807) is 23.7 Å². The number of ether oxygens (including phenoxy) is 1. The van der Waals surface area contributed by atoms with Crippen molar-refractivity contribution in [1.82, 2.24) is 4.98 Å². The van der Waals surface area contributed by atoms with E-state index in [-0.39, 0.29) is 24.7 Å². The van der Waals surface area contributed by atoms with Gasteiger partial charge < -0.3 is 15.4 Å². The molecule has 1 aromatic carbocycles. The quantitative estimate of drug-likeness (QED) is 0.822. The van der Waals surface area contributed by atoms with Crippen molar-refractivity contribution in [2.75, 3.05) is 17.2 Å². The Hall–Kier alpha value is -2.41. The predicted octanol–water partition coefficient (Wildman–Crippen LogP) is 2.90. The van der Waals surface area contributed by atoms with Crippen molar-refractivity contribution < 1.29 is 14.3 Å². The lowest BCUT2D eigenvalue weighted by molar-refractivity contribution is -0.121. The number of amides is 2. The summed E-state index contributed by atoms with van der Waals surface area (Å²) in [5.41, 5.74) is 0.606. The van der Waals surface area contributed by atoms with Crippen molar-refractivity contribution in [3.05, 3.63) is 35.8 Å². The second-order valence-corrected chi connectivity index (χ2v) is 5.26. The molecule has 0 radical (unpaired) electrons. The highest BCUT2D eigenvalue weighted by molar-refractivity contribution is 7.13. The average Bonchev–Trinajstić information content (AvgIpc) is 3.00. The minimum absolute atomic E-state index is 0.0949. The van der Waals surface area contributed by atoms with Gasteiger partial charge in [0.2, 0.25) is 11.8 Å². The van der Waals surface area contributed by atoms with Crippen LogP contribution in [0.3, 0.4) is 0 Å². The molecule has 2 N–H and O–H groups in total. The second-order valence-electron chi connectivity index (χ2n) is 4.36. The monoisotopic (exact) mass is 319 g/mol. The Morgan fingerprint density at radius 1 is 1.18 bits per heavy atom. The number of hydrogen-bond donors (Lipinski definition) is 2. The van der Waals surface area contributed by atoms with E-state index in [0.29, 0.717) is 23.2 Å². The van der Waals surface area contributed by atoms with Gasteiger partial charge in [0.15, 0.2) is 5.13 Å². The van der Waals surface area contributed by atoms with Crippen LogP contribution in [0.1, 0.15) is 19.8 Å². The number of rotatable bonds is 7. The molecule has 0 spiro atoms. The van der Waals surface area contributed by atoms with Gasteiger partial charge in [0.05, 0.1) is 12.3 Å². The molecule has 0 saturated heterocycles. The van der Waals surface area contributed by atoms with Crippen LogP contribution in [0.4, 0.5) is 10.8 Å². The van der Waals surface area contributed by atoms with Crippen molar-refractivity contribution in [3.63, 3.8) is 0 Å². The van der Waals surface area contributed by atoms with E-state index in [1.807, 2.05) is 19.1 Å². The first-order valence-electron chi connectivity index (χ1n) is 6.90. The van der Waals surface area contributed by atoms with Crippen LogP contribution in [0, 0.1) is 0 Å². The van der Waals surface area contributed by atoms with Crippen LogP contribution in [0.25, 0.3) is 0 Å². The summed E-state index contributed by atoms with van der Waals surface area (Å²) in [6.07, 6.45) is 1.80. The van der Waals surface area contributed by atoms with Gasteiger partial charge in [-0.1, -0.05) is 12.1 Å². The minimum atomic E-state index is -0.235. The lowest BCUT2D eigenvalue weighted by atomic mass is 10.2. The molecule has 0 aliphatic carbocycles. The lowest BCUT2D eigenvalue weighted by Crippen LogP contribution is -2.17. The van der Waals surface area contributed by atoms with Gasteiger partial charge in [0.1, 0.15) is 5.75 Å². The standard InChI is InChI=1S/C15H17N3O3S/c1-2-21-12-6-4-3-5-11(12)17-13(19)7-8-14(20)18-15-16-9-10-22-15/h3-6,9-10H,2,7-8H2,1H3,(H,17,19)(H,16,18,20). The summed E-state index contributed by atoms with van der Waals surface area (Å²) < 4.78 is 5.43. The van der Waals surface area contributed by atoms with Gasteiger partial charge in [-0.05, 0) is 19.1 Å². The number of nitrogens with zero attached hydrogens (tertiary/aromatic N) is 1. The van der Waals surface area contributed by atoms with Crippen molar-refractivity contribution >= 4 is 34.0 Å². The van der Waals surface area contributed by atoms with Crippen molar-refractivity contribution in [3.8, 4) is 5.75 Å².